The first-order valence-corrected chi connectivity index (χ1v) is 12.2. The van der Waals surface area contributed by atoms with Gasteiger partial charge in [0.2, 0.25) is 5.91 Å². The average molecular weight is 512 g/mol. The summed E-state index contributed by atoms with van der Waals surface area (Å²) in [5.41, 5.74) is 1.30. The molecule has 4 rings (SSSR count). The van der Waals surface area contributed by atoms with Crippen LogP contribution in [-0.2, 0) is 20.9 Å². The van der Waals surface area contributed by atoms with Gasteiger partial charge in [0.05, 0.1) is 30.8 Å². The second-order valence-corrected chi connectivity index (χ2v) is 9.10. The van der Waals surface area contributed by atoms with E-state index in [0.717, 1.165) is 4.88 Å². The molecule has 2 aromatic carbocycles. The standard InChI is InChI=1S/C25H22FN3O4S2/c1-2-33-24(32)16-5-9-18(10-6-16)27-22(30)14-21-23(31)29(19-11-7-17(26)8-12-19)25(34)28(21)15-20-4-3-13-35-20/h3-13,21H,2,14-15H2,1H3,(H,27,30)/t21-/m1/s1. The van der Waals surface area contributed by atoms with Gasteiger partial charge in [-0.1, -0.05) is 6.07 Å². The number of amides is 2. The third kappa shape index (κ3) is 5.55. The number of benzene rings is 2. The van der Waals surface area contributed by atoms with Gasteiger partial charge in [-0.15, -0.1) is 11.3 Å². The lowest BCUT2D eigenvalue weighted by molar-refractivity contribution is -0.124. The molecule has 0 saturated carbocycles. The number of carbonyl (C=O) groups excluding carboxylic acids is 3. The van der Waals surface area contributed by atoms with Crippen LogP contribution in [0.5, 0.6) is 0 Å². The minimum Gasteiger partial charge on any atom is -0.462 e. The number of nitrogens with zero attached hydrogens (tertiary/aromatic N) is 2. The topological polar surface area (TPSA) is 78.9 Å². The SMILES string of the molecule is CCOC(=O)c1ccc(NC(=O)C[C@@H]2C(=O)N(c3ccc(F)cc3)C(=S)N2Cc2cccs2)cc1. The Kier molecular flexibility index (Phi) is 7.52. The number of nitrogens with one attached hydrogen (secondary N) is 1. The number of carbonyl (C=O) groups is 3. The van der Waals surface area contributed by atoms with Crippen molar-refractivity contribution in [3.63, 3.8) is 0 Å². The lowest BCUT2D eigenvalue weighted by Crippen LogP contribution is -2.37. The molecule has 180 valence electrons. The predicted molar refractivity (Wildman–Crippen MR) is 136 cm³/mol. The summed E-state index contributed by atoms with van der Waals surface area (Å²) in [6.45, 7) is 2.36. The Labute approximate surface area is 211 Å². The van der Waals surface area contributed by atoms with E-state index in [1.165, 1.54) is 40.5 Å². The van der Waals surface area contributed by atoms with E-state index in [4.69, 9.17) is 17.0 Å². The Hall–Kier alpha value is -3.63. The summed E-state index contributed by atoms with van der Waals surface area (Å²) >= 11 is 7.14. The van der Waals surface area contributed by atoms with Crippen molar-refractivity contribution >= 4 is 57.8 Å². The molecule has 2 heterocycles. The minimum absolute atomic E-state index is 0.137. The molecule has 35 heavy (non-hydrogen) atoms. The van der Waals surface area contributed by atoms with Gasteiger partial charge in [-0.3, -0.25) is 14.5 Å². The third-order valence-corrected chi connectivity index (χ3v) is 6.65. The van der Waals surface area contributed by atoms with E-state index in [0.29, 0.717) is 23.5 Å². The molecule has 0 aliphatic carbocycles. The number of thiocarbonyl (C=S) groups is 1. The quantitative estimate of drug-likeness (QED) is 0.352. The number of ether oxygens (including phenoxy) is 1. The highest BCUT2D eigenvalue weighted by Gasteiger charge is 2.44. The lowest BCUT2D eigenvalue weighted by Gasteiger charge is -2.23. The summed E-state index contributed by atoms with van der Waals surface area (Å²) in [4.78, 5) is 42.1. The van der Waals surface area contributed by atoms with E-state index in [-0.39, 0.29) is 30.0 Å². The number of hydrogen-bond donors (Lipinski definition) is 1. The Balaban J connectivity index is 1.51. The van der Waals surface area contributed by atoms with Gasteiger partial charge in [-0.05, 0) is 79.1 Å². The monoisotopic (exact) mass is 511 g/mol. The van der Waals surface area contributed by atoms with E-state index in [9.17, 15) is 18.8 Å². The van der Waals surface area contributed by atoms with Crippen molar-refractivity contribution in [2.45, 2.75) is 25.9 Å². The summed E-state index contributed by atoms with van der Waals surface area (Å²) < 4.78 is 18.4. The average Bonchev–Trinajstić information content (AvgIpc) is 3.43. The van der Waals surface area contributed by atoms with Crippen LogP contribution >= 0.6 is 23.6 Å². The fraction of sp³-hybridized carbons (Fsp3) is 0.200. The van der Waals surface area contributed by atoms with Crippen LogP contribution in [0.1, 0.15) is 28.6 Å². The number of rotatable bonds is 8. The van der Waals surface area contributed by atoms with Crippen LogP contribution in [0.2, 0.25) is 0 Å². The highest BCUT2D eigenvalue weighted by molar-refractivity contribution is 7.80. The zero-order valence-corrected chi connectivity index (χ0v) is 20.4. The maximum atomic E-state index is 13.4. The Morgan fingerprint density at radius 2 is 1.83 bits per heavy atom. The fourth-order valence-corrected chi connectivity index (χ4v) is 4.79. The normalized spacial score (nSPS) is 15.4. The molecule has 10 heteroatoms. The summed E-state index contributed by atoms with van der Waals surface area (Å²) in [5.74, 6) is -1.61. The molecule has 1 saturated heterocycles. The van der Waals surface area contributed by atoms with Crippen molar-refractivity contribution in [2.24, 2.45) is 0 Å². The number of thiophene rings is 1. The van der Waals surface area contributed by atoms with Crippen molar-refractivity contribution in [3.8, 4) is 0 Å². The molecule has 0 radical (unpaired) electrons. The van der Waals surface area contributed by atoms with Gasteiger partial charge in [0.1, 0.15) is 11.9 Å². The maximum Gasteiger partial charge on any atom is 0.338 e. The number of anilines is 2. The van der Waals surface area contributed by atoms with Crippen molar-refractivity contribution in [2.75, 3.05) is 16.8 Å². The fourth-order valence-electron chi connectivity index (χ4n) is 3.70. The summed E-state index contributed by atoms with van der Waals surface area (Å²) in [5, 5.41) is 4.95. The van der Waals surface area contributed by atoms with E-state index in [1.54, 1.807) is 36.1 Å². The second-order valence-electron chi connectivity index (χ2n) is 7.71. The Bertz CT molecular complexity index is 1230. The lowest BCUT2D eigenvalue weighted by atomic mass is 10.1. The van der Waals surface area contributed by atoms with Crippen molar-refractivity contribution in [3.05, 3.63) is 82.3 Å². The van der Waals surface area contributed by atoms with Crippen molar-refractivity contribution in [1.82, 2.24) is 4.90 Å². The van der Waals surface area contributed by atoms with Crippen molar-refractivity contribution in [1.29, 1.82) is 0 Å². The first-order chi connectivity index (χ1) is 16.9. The molecule has 1 aliphatic rings. The summed E-state index contributed by atoms with van der Waals surface area (Å²) in [7, 11) is 0. The van der Waals surface area contributed by atoms with E-state index in [2.05, 4.69) is 5.32 Å². The van der Waals surface area contributed by atoms with Crippen LogP contribution in [0.3, 0.4) is 0 Å². The highest BCUT2D eigenvalue weighted by Crippen LogP contribution is 2.30. The molecular weight excluding hydrogens is 489 g/mol. The Morgan fingerprint density at radius 1 is 1.11 bits per heavy atom. The molecule has 1 aliphatic heterocycles. The number of hydrogen-bond acceptors (Lipinski definition) is 6. The Morgan fingerprint density at radius 3 is 2.46 bits per heavy atom. The van der Waals surface area contributed by atoms with Crippen LogP contribution in [0, 0.1) is 5.82 Å². The molecule has 1 aromatic heterocycles. The van der Waals surface area contributed by atoms with Crippen LogP contribution in [0.15, 0.2) is 66.0 Å². The third-order valence-electron chi connectivity index (χ3n) is 5.37. The molecule has 1 N–H and O–H groups in total. The first kappa shape index (κ1) is 24.5. The van der Waals surface area contributed by atoms with Gasteiger partial charge in [-0.25, -0.2) is 9.18 Å². The van der Waals surface area contributed by atoms with Gasteiger partial charge in [0, 0.05) is 10.6 Å². The van der Waals surface area contributed by atoms with Gasteiger partial charge < -0.3 is 15.0 Å². The van der Waals surface area contributed by atoms with Gasteiger partial charge in [0.15, 0.2) is 5.11 Å². The smallest absolute Gasteiger partial charge is 0.338 e. The summed E-state index contributed by atoms with van der Waals surface area (Å²) in [6.07, 6.45) is -0.137. The van der Waals surface area contributed by atoms with Crippen LogP contribution < -0.4 is 10.2 Å². The van der Waals surface area contributed by atoms with Crippen molar-refractivity contribution < 1.29 is 23.5 Å². The molecular formula is C25H22FN3O4S2. The van der Waals surface area contributed by atoms with Crippen LogP contribution in [0.4, 0.5) is 15.8 Å². The molecule has 1 atom stereocenters. The molecule has 0 bridgehead atoms. The number of halogens is 1. The first-order valence-electron chi connectivity index (χ1n) is 10.9. The van der Waals surface area contributed by atoms with Gasteiger partial charge in [-0.2, -0.15) is 0 Å². The molecule has 2 amide bonds. The van der Waals surface area contributed by atoms with E-state index < -0.39 is 17.8 Å². The zero-order chi connectivity index (χ0) is 24.9. The largest absolute Gasteiger partial charge is 0.462 e. The second kappa shape index (κ2) is 10.7. The summed E-state index contributed by atoms with van der Waals surface area (Å²) in [6, 6.07) is 14.8. The highest BCUT2D eigenvalue weighted by atomic mass is 32.1. The number of esters is 1. The predicted octanol–water partition coefficient (Wildman–Crippen LogP) is 4.60. The maximum absolute atomic E-state index is 13.4. The zero-order valence-electron chi connectivity index (χ0n) is 18.8. The molecule has 1 fully saturated rings. The van der Waals surface area contributed by atoms with Gasteiger partial charge >= 0.3 is 5.97 Å². The molecule has 0 unspecified atom stereocenters. The molecule has 7 nitrogen and oxygen atoms in total. The minimum atomic E-state index is -0.826. The van der Waals surface area contributed by atoms with Gasteiger partial charge in [0.25, 0.3) is 5.91 Å². The molecule has 3 aromatic rings. The molecule has 0 spiro atoms. The van der Waals surface area contributed by atoms with Crippen LogP contribution in [-0.4, -0.2) is 40.4 Å². The van der Waals surface area contributed by atoms with E-state index in [1.807, 2.05) is 17.5 Å². The van der Waals surface area contributed by atoms with Crippen LogP contribution in [0.25, 0.3) is 0 Å². The van der Waals surface area contributed by atoms with E-state index >= 15 is 0 Å².